The molecule has 42 heavy (non-hydrogen) atoms. The van der Waals surface area contributed by atoms with Crippen LogP contribution in [0.1, 0.15) is 65.0 Å². The van der Waals surface area contributed by atoms with Crippen molar-refractivity contribution in [2.24, 2.45) is 5.73 Å². The third kappa shape index (κ3) is 10.1. The molecule has 0 radical (unpaired) electrons. The summed E-state index contributed by atoms with van der Waals surface area (Å²) < 4.78 is 27.4. The van der Waals surface area contributed by atoms with Gasteiger partial charge in [0.1, 0.15) is 17.7 Å². The van der Waals surface area contributed by atoms with Gasteiger partial charge in [0.05, 0.1) is 6.10 Å². The van der Waals surface area contributed by atoms with Crippen molar-refractivity contribution in [3.8, 4) is 0 Å². The van der Waals surface area contributed by atoms with Gasteiger partial charge in [-0.2, -0.15) is 11.8 Å². The highest BCUT2D eigenvalue weighted by Crippen LogP contribution is 2.20. The van der Waals surface area contributed by atoms with E-state index in [4.69, 9.17) is 5.73 Å². The number of hydrogen-bond donors (Lipinski definition) is 3. The van der Waals surface area contributed by atoms with Gasteiger partial charge in [-0.1, -0.05) is 13.8 Å². The average Bonchev–Trinajstić information content (AvgIpc) is 2.94. The number of thioether (sulfide) groups is 1. The summed E-state index contributed by atoms with van der Waals surface area (Å²) in [6, 6.07) is 6.00. The normalized spacial score (nSPS) is 13.3. The van der Waals surface area contributed by atoms with E-state index in [-0.39, 0.29) is 30.0 Å². The quantitative estimate of drug-likeness (QED) is 0.268. The van der Waals surface area contributed by atoms with Crippen molar-refractivity contribution < 1.29 is 28.3 Å². The van der Waals surface area contributed by atoms with Crippen molar-refractivity contribution in [3.05, 3.63) is 70.3 Å². The summed E-state index contributed by atoms with van der Waals surface area (Å²) in [4.78, 5) is 43.5. The molecule has 0 aromatic heterocycles. The van der Waals surface area contributed by atoms with Gasteiger partial charge in [-0.25, -0.2) is 8.78 Å². The SMILES string of the molecule is CCCN(CCC)C(=O)c1cc(C)cc(C(=O)N(C[C@@H](O)[C@@H](N)Cc2cc(F)cc(F)c2)[C@@H](CCSC)C(=O)NC)c1. The fourth-order valence-corrected chi connectivity index (χ4v) is 5.34. The number of halogens is 2. The number of likely N-dealkylation sites (N-methyl/N-ethyl adjacent to an activating group) is 1. The first-order valence-corrected chi connectivity index (χ1v) is 15.7. The van der Waals surface area contributed by atoms with E-state index in [2.05, 4.69) is 5.32 Å². The molecule has 0 aliphatic carbocycles. The molecule has 4 N–H and O–H groups in total. The minimum absolute atomic E-state index is 0.0544. The minimum Gasteiger partial charge on any atom is -0.390 e. The van der Waals surface area contributed by atoms with E-state index in [0.717, 1.165) is 31.0 Å². The second-order valence-corrected chi connectivity index (χ2v) is 11.4. The van der Waals surface area contributed by atoms with Gasteiger partial charge in [-0.05, 0) is 86.1 Å². The van der Waals surface area contributed by atoms with Crippen LogP contribution in [0.25, 0.3) is 0 Å². The monoisotopic (exact) mass is 606 g/mol. The third-order valence-electron chi connectivity index (χ3n) is 6.90. The van der Waals surface area contributed by atoms with E-state index in [0.29, 0.717) is 36.4 Å². The second-order valence-electron chi connectivity index (χ2n) is 10.5. The number of aliphatic hydroxyl groups is 1. The first-order valence-electron chi connectivity index (χ1n) is 14.3. The molecule has 2 rings (SSSR count). The molecule has 232 valence electrons. The number of carbonyl (C=O) groups is 3. The second kappa shape index (κ2) is 17.2. The Morgan fingerprint density at radius 3 is 2.07 bits per heavy atom. The number of aliphatic hydroxyl groups excluding tert-OH is 1. The number of nitrogens with zero attached hydrogens (tertiary/aromatic N) is 2. The maximum absolute atomic E-state index is 14.1. The summed E-state index contributed by atoms with van der Waals surface area (Å²) in [5.74, 6) is -2.09. The molecular formula is C31H44F2N4O4S. The summed E-state index contributed by atoms with van der Waals surface area (Å²) in [6.45, 7) is 6.64. The van der Waals surface area contributed by atoms with Gasteiger partial charge in [0.15, 0.2) is 0 Å². The molecule has 0 saturated carbocycles. The molecule has 2 aromatic rings. The Kier molecular flexibility index (Phi) is 14.4. The summed E-state index contributed by atoms with van der Waals surface area (Å²) in [5, 5.41) is 13.7. The zero-order valence-electron chi connectivity index (χ0n) is 25.2. The number of benzene rings is 2. The summed E-state index contributed by atoms with van der Waals surface area (Å²) in [7, 11) is 1.47. The molecule has 11 heteroatoms. The molecule has 0 fully saturated rings. The number of nitrogens with one attached hydrogen (secondary N) is 1. The molecule has 3 atom stereocenters. The molecule has 0 bridgehead atoms. The Bertz CT molecular complexity index is 1190. The number of nitrogens with two attached hydrogens (primary N) is 1. The average molecular weight is 607 g/mol. The van der Waals surface area contributed by atoms with Gasteiger partial charge in [-0.3, -0.25) is 14.4 Å². The zero-order chi connectivity index (χ0) is 31.4. The van der Waals surface area contributed by atoms with Crippen LogP contribution in [0.15, 0.2) is 36.4 Å². The largest absolute Gasteiger partial charge is 0.390 e. The van der Waals surface area contributed by atoms with Gasteiger partial charge < -0.3 is 26.0 Å². The maximum atomic E-state index is 14.1. The maximum Gasteiger partial charge on any atom is 0.254 e. The highest BCUT2D eigenvalue weighted by molar-refractivity contribution is 7.98. The fourth-order valence-electron chi connectivity index (χ4n) is 4.88. The highest BCUT2D eigenvalue weighted by atomic mass is 32.2. The van der Waals surface area contributed by atoms with Crippen LogP contribution in [0, 0.1) is 18.6 Å². The number of carbonyl (C=O) groups excluding carboxylic acids is 3. The number of rotatable bonds is 16. The van der Waals surface area contributed by atoms with Gasteiger partial charge in [-0.15, -0.1) is 0 Å². The molecule has 0 saturated heterocycles. The van der Waals surface area contributed by atoms with Gasteiger partial charge in [0, 0.05) is 49.9 Å². The highest BCUT2D eigenvalue weighted by Gasteiger charge is 2.33. The van der Waals surface area contributed by atoms with Crippen LogP contribution in [-0.4, -0.2) is 89.5 Å². The molecule has 0 aliphatic rings. The van der Waals surface area contributed by atoms with Crippen LogP contribution < -0.4 is 11.1 Å². The van der Waals surface area contributed by atoms with Crippen molar-refractivity contribution in [2.45, 2.75) is 64.6 Å². The summed E-state index contributed by atoms with van der Waals surface area (Å²) in [5.41, 5.74) is 7.76. The van der Waals surface area contributed by atoms with Crippen molar-refractivity contribution in [2.75, 3.05) is 38.7 Å². The first-order chi connectivity index (χ1) is 19.9. The predicted molar refractivity (Wildman–Crippen MR) is 164 cm³/mol. The van der Waals surface area contributed by atoms with Crippen molar-refractivity contribution in [3.63, 3.8) is 0 Å². The molecule has 3 amide bonds. The van der Waals surface area contributed by atoms with Gasteiger partial charge >= 0.3 is 0 Å². The first kappa shape index (κ1) is 35.2. The Morgan fingerprint density at radius 1 is 0.976 bits per heavy atom. The Morgan fingerprint density at radius 2 is 1.55 bits per heavy atom. The smallest absolute Gasteiger partial charge is 0.254 e. The molecular weight excluding hydrogens is 562 g/mol. The van der Waals surface area contributed by atoms with E-state index in [9.17, 15) is 28.3 Å². The van der Waals surface area contributed by atoms with Crippen molar-refractivity contribution in [1.82, 2.24) is 15.1 Å². The number of hydrogen-bond acceptors (Lipinski definition) is 6. The lowest BCUT2D eigenvalue weighted by Gasteiger charge is -2.34. The lowest BCUT2D eigenvalue weighted by molar-refractivity contribution is -0.125. The molecule has 0 aliphatic heterocycles. The van der Waals surface area contributed by atoms with Crippen LogP contribution in [0.2, 0.25) is 0 Å². The van der Waals surface area contributed by atoms with Crippen LogP contribution in [-0.2, 0) is 11.2 Å². The standard InChI is InChI=1S/C31H44F2N4O4S/c1-6-9-36(10-7-2)30(40)22-12-20(3)13-23(17-22)31(41)37(27(8-11-42-5)29(39)35-4)19-28(38)26(34)16-21-14-24(32)18-25(33)15-21/h12-15,17-18,26-28,38H,6-11,16,19,34H2,1-5H3,(H,35,39)/t26-,27-,28+/m0/s1. The van der Waals surface area contributed by atoms with Gasteiger partial charge in [0.2, 0.25) is 5.91 Å². The lowest BCUT2D eigenvalue weighted by atomic mass is 9.99. The Hall–Kier alpha value is -3.02. The van der Waals surface area contributed by atoms with Crippen molar-refractivity contribution in [1.29, 1.82) is 0 Å². The van der Waals surface area contributed by atoms with E-state index < -0.39 is 41.6 Å². The van der Waals surface area contributed by atoms with E-state index in [1.54, 1.807) is 24.0 Å². The zero-order valence-corrected chi connectivity index (χ0v) is 26.0. The summed E-state index contributed by atoms with van der Waals surface area (Å²) in [6.07, 6.45) is 2.40. The molecule has 2 aromatic carbocycles. The number of amides is 3. The predicted octanol–water partition coefficient (Wildman–Crippen LogP) is 3.78. The summed E-state index contributed by atoms with van der Waals surface area (Å²) >= 11 is 1.51. The Balaban J connectivity index is 2.47. The lowest BCUT2D eigenvalue weighted by Crippen LogP contribution is -2.54. The minimum atomic E-state index is -1.32. The molecule has 0 spiro atoms. The van der Waals surface area contributed by atoms with Crippen LogP contribution >= 0.6 is 11.8 Å². The van der Waals surface area contributed by atoms with Gasteiger partial charge in [0.25, 0.3) is 11.8 Å². The van der Waals surface area contributed by atoms with E-state index >= 15 is 0 Å². The van der Waals surface area contributed by atoms with Crippen LogP contribution in [0.5, 0.6) is 0 Å². The van der Waals surface area contributed by atoms with Crippen LogP contribution in [0.3, 0.4) is 0 Å². The molecule has 0 unspecified atom stereocenters. The van der Waals surface area contributed by atoms with Crippen molar-refractivity contribution >= 4 is 29.5 Å². The third-order valence-corrected chi connectivity index (χ3v) is 7.54. The fraction of sp³-hybridized carbons (Fsp3) is 0.516. The molecule has 8 nitrogen and oxygen atoms in total. The topological polar surface area (TPSA) is 116 Å². The molecule has 0 heterocycles. The van der Waals surface area contributed by atoms with Crippen LogP contribution in [0.4, 0.5) is 8.78 Å². The van der Waals surface area contributed by atoms with E-state index in [1.165, 1.54) is 29.8 Å². The van der Waals surface area contributed by atoms with E-state index in [1.807, 2.05) is 20.1 Å². The number of aryl methyl sites for hydroxylation is 1. The Labute approximate surface area is 252 Å².